The summed E-state index contributed by atoms with van der Waals surface area (Å²) >= 11 is 0. The van der Waals surface area contributed by atoms with Gasteiger partial charge in [0.15, 0.2) is 12.4 Å². The summed E-state index contributed by atoms with van der Waals surface area (Å²) in [5.41, 5.74) is 0.797. The van der Waals surface area contributed by atoms with E-state index in [0.29, 0.717) is 17.4 Å². The summed E-state index contributed by atoms with van der Waals surface area (Å²) in [5, 5.41) is 0. The topological polar surface area (TPSA) is 80.8 Å². The normalized spacial score (nSPS) is 31.3. The van der Waals surface area contributed by atoms with Gasteiger partial charge in [-0.25, -0.2) is 9.69 Å². The lowest BCUT2D eigenvalue weighted by Crippen LogP contribution is -2.40. The molecule has 1 heterocycles. The highest BCUT2D eigenvalue weighted by atomic mass is 16.5. The Balaban J connectivity index is 1.25. The second-order valence-corrected chi connectivity index (χ2v) is 9.05. The number of allylic oxidation sites excluding steroid dienone is 2. The Morgan fingerprint density at radius 2 is 1.44 bits per heavy atom. The summed E-state index contributed by atoms with van der Waals surface area (Å²) in [6, 6.07) is 15.0. The Kier molecular flexibility index (Phi) is 4.18. The van der Waals surface area contributed by atoms with E-state index in [4.69, 9.17) is 4.74 Å². The molecule has 2 saturated carbocycles. The molecule has 160 valence electrons. The van der Waals surface area contributed by atoms with Crippen LogP contribution in [0.3, 0.4) is 0 Å². The Hall–Kier alpha value is -3.54. The van der Waals surface area contributed by atoms with Crippen molar-refractivity contribution in [3.63, 3.8) is 0 Å². The van der Waals surface area contributed by atoms with E-state index in [9.17, 15) is 19.2 Å². The minimum Gasteiger partial charge on any atom is -0.454 e. The number of Topliss-reactive ketones (excluding diaryl/α,β-unsaturated/α-hetero) is 1. The van der Waals surface area contributed by atoms with Crippen LogP contribution in [0.5, 0.6) is 0 Å². The second kappa shape index (κ2) is 6.99. The van der Waals surface area contributed by atoms with Crippen LogP contribution in [0.4, 0.5) is 5.69 Å². The fourth-order valence-electron chi connectivity index (χ4n) is 5.95. The first kappa shape index (κ1) is 19.2. The predicted octanol–water partition coefficient (Wildman–Crippen LogP) is 3.28. The van der Waals surface area contributed by atoms with E-state index in [1.807, 2.05) is 0 Å². The number of carbonyl (C=O) groups excluding carboxylic acids is 4. The van der Waals surface area contributed by atoms with Crippen LogP contribution in [0.2, 0.25) is 0 Å². The van der Waals surface area contributed by atoms with Crippen molar-refractivity contribution in [3.8, 4) is 0 Å². The van der Waals surface area contributed by atoms with Crippen molar-refractivity contribution < 1.29 is 23.9 Å². The van der Waals surface area contributed by atoms with E-state index in [0.717, 1.165) is 6.42 Å². The van der Waals surface area contributed by atoms with Gasteiger partial charge in [-0.15, -0.1) is 0 Å². The first-order chi connectivity index (χ1) is 15.6. The van der Waals surface area contributed by atoms with E-state index >= 15 is 0 Å². The minimum absolute atomic E-state index is 0.110. The zero-order valence-corrected chi connectivity index (χ0v) is 17.2. The van der Waals surface area contributed by atoms with Crippen molar-refractivity contribution in [3.05, 3.63) is 77.9 Å². The Morgan fingerprint density at radius 1 is 0.844 bits per heavy atom. The number of carbonyl (C=O) groups is 4. The molecule has 2 amide bonds. The molecular formula is C26H21NO5. The highest BCUT2D eigenvalue weighted by Gasteiger charge is 2.67. The number of hydrogen-bond acceptors (Lipinski definition) is 5. The maximum atomic E-state index is 13.4. The molecule has 0 aromatic heterocycles. The van der Waals surface area contributed by atoms with Crippen LogP contribution in [-0.4, -0.2) is 30.2 Å². The lowest BCUT2D eigenvalue weighted by molar-refractivity contribution is -0.124. The van der Waals surface area contributed by atoms with Crippen molar-refractivity contribution in [2.45, 2.75) is 6.42 Å². The van der Waals surface area contributed by atoms with Crippen molar-refractivity contribution in [1.29, 1.82) is 0 Å². The Morgan fingerprint density at radius 3 is 2.09 bits per heavy atom. The average molecular weight is 427 g/mol. The maximum Gasteiger partial charge on any atom is 0.340 e. The fraction of sp³-hybridized carbons (Fsp3) is 0.308. The maximum absolute atomic E-state index is 13.4. The average Bonchev–Trinajstić information content (AvgIpc) is 3.61. The number of ketones is 1. The molecule has 1 aliphatic heterocycles. The molecule has 0 unspecified atom stereocenters. The second-order valence-electron chi connectivity index (χ2n) is 9.05. The molecule has 0 N–H and O–H groups in total. The molecule has 0 radical (unpaired) electrons. The van der Waals surface area contributed by atoms with Gasteiger partial charge in [0.1, 0.15) is 0 Å². The van der Waals surface area contributed by atoms with Crippen molar-refractivity contribution >= 4 is 29.3 Å². The van der Waals surface area contributed by atoms with Gasteiger partial charge in [0, 0.05) is 5.56 Å². The number of benzene rings is 2. The number of rotatable bonds is 5. The molecule has 7 rings (SSSR count). The number of nitrogens with zero attached hydrogens (tertiary/aromatic N) is 1. The number of ether oxygens (including phenoxy) is 1. The van der Waals surface area contributed by atoms with Gasteiger partial charge in [-0.05, 0) is 42.2 Å². The van der Waals surface area contributed by atoms with Crippen LogP contribution in [0.15, 0.2) is 66.7 Å². The number of esters is 1. The van der Waals surface area contributed by atoms with Crippen LogP contribution in [-0.2, 0) is 14.3 Å². The van der Waals surface area contributed by atoms with Crippen molar-refractivity contribution in [2.75, 3.05) is 11.5 Å². The zero-order valence-electron chi connectivity index (χ0n) is 17.2. The Labute approximate surface area is 184 Å². The van der Waals surface area contributed by atoms with Gasteiger partial charge in [0.05, 0.1) is 23.1 Å². The smallest absolute Gasteiger partial charge is 0.340 e. The number of hydrogen-bond donors (Lipinski definition) is 0. The Bertz CT molecular complexity index is 1150. The fourth-order valence-corrected chi connectivity index (χ4v) is 5.95. The number of anilines is 1. The number of imide groups is 1. The molecule has 2 bridgehead atoms. The summed E-state index contributed by atoms with van der Waals surface area (Å²) in [7, 11) is 0. The first-order valence-corrected chi connectivity index (χ1v) is 11.0. The molecule has 2 aromatic carbocycles. The highest BCUT2D eigenvalue weighted by molar-refractivity contribution is 6.24. The van der Waals surface area contributed by atoms with Gasteiger partial charge in [-0.3, -0.25) is 14.4 Å². The van der Waals surface area contributed by atoms with E-state index in [1.54, 1.807) is 48.5 Å². The molecular weight excluding hydrogens is 406 g/mol. The molecule has 2 aromatic rings. The first-order valence-electron chi connectivity index (χ1n) is 11.0. The van der Waals surface area contributed by atoms with E-state index in [2.05, 4.69) is 12.2 Å². The van der Waals surface area contributed by atoms with Crippen LogP contribution in [0, 0.1) is 35.5 Å². The van der Waals surface area contributed by atoms with Gasteiger partial charge in [-0.2, -0.15) is 0 Å². The SMILES string of the molecule is O=C(COC(=O)c1ccccc1N1C(=O)[C@@H]2[C@H]3C=C[C@@H]([C@@H]4C[C@@H]34)[C@H]2C1=O)c1ccccc1. The third kappa shape index (κ3) is 2.72. The largest absolute Gasteiger partial charge is 0.454 e. The summed E-state index contributed by atoms with van der Waals surface area (Å²) in [6.45, 7) is -0.415. The summed E-state index contributed by atoms with van der Waals surface area (Å²) in [6.07, 6.45) is 5.32. The quantitative estimate of drug-likeness (QED) is 0.317. The zero-order chi connectivity index (χ0) is 22.0. The standard InChI is InChI=1S/C26H21NO5/c28-21(14-6-2-1-3-7-14)13-32-26(31)17-8-4-5-9-20(17)27-24(29)22-15-10-11-16(19-12-18(15)19)23(22)25(27)30/h1-11,15-16,18-19,22-23H,12-13H2/t15-,16-,18-,19-,22+,23+/m0/s1. The van der Waals surface area contributed by atoms with Gasteiger partial charge in [0.25, 0.3) is 0 Å². The number of para-hydroxylation sites is 1. The van der Waals surface area contributed by atoms with Crippen LogP contribution in [0.1, 0.15) is 27.1 Å². The summed E-state index contributed by atoms with van der Waals surface area (Å²) in [4.78, 5) is 53.1. The van der Waals surface area contributed by atoms with Gasteiger partial charge in [0.2, 0.25) is 11.8 Å². The molecule has 5 aliphatic rings. The van der Waals surface area contributed by atoms with E-state index in [1.165, 1.54) is 11.0 Å². The molecule has 1 saturated heterocycles. The van der Waals surface area contributed by atoms with Crippen LogP contribution >= 0.6 is 0 Å². The van der Waals surface area contributed by atoms with E-state index < -0.39 is 12.6 Å². The van der Waals surface area contributed by atoms with Crippen molar-refractivity contribution in [1.82, 2.24) is 0 Å². The molecule has 0 spiro atoms. The van der Waals surface area contributed by atoms with Gasteiger partial charge >= 0.3 is 5.97 Å². The van der Waals surface area contributed by atoms with Crippen LogP contribution < -0.4 is 4.90 Å². The molecule has 4 aliphatic carbocycles. The highest BCUT2D eigenvalue weighted by Crippen LogP contribution is 2.65. The molecule has 3 fully saturated rings. The van der Waals surface area contributed by atoms with Crippen molar-refractivity contribution in [2.24, 2.45) is 35.5 Å². The number of amides is 2. The van der Waals surface area contributed by atoms with Crippen LogP contribution in [0.25, 0.3) is 0 Å². The molecule has 6 atom stereocenters. The molecule has 6 nitrogen and oxygen atoms in total. The summed E-state index contributed by atoms with van der Waals surface area (Å²) < 4.78 is 5.26. The lowest BCUT2D eigenvalue weighted by Gasteiger charge is -2.37. The monoisotopic (exact) mass is 427 g/mol. The lowest BCUT2D eigenvalue weighted by atomic mass is 9.63. The third-order valence-corrected chi connectivity index (χ3v) is 7.46. The minimum atomic E-state index is -0.732. The van der Waals surface area contributed by atoms with Gasteiger partial charge in [-0.1, -0.05) is 54.6 Å². The van der Waals surface area contributed by atoms with Gasteiger partial charge < -0.3 is 4.74 Å². The summed E-state index contributed by atoms with van der Waals surface area (Å²) in [5.74, 6) is -0.968. The van der Waals surface area contributed by atoms with E-state index in [-0.39, 0.29) is 52.5 Å². The third-order valence-electron chi connectivity index (χ3n) is 7.46. The predicted molar refractivity (Wildman–Crippen MR) is 115 cm³/mol. The molecule has 32 heavy (non-hydrogen) atoms. The molecule has 6 heteroatoms.